The lowest BCUT2D eigenvalue weighted by molar-refractivity contribution is -0.151. The molecular formula is C25H27N5O8S. The van der Waals surface area contributed by atoms with E-state index in [4.69, 9.17) is 23.9 Å². The van der Waals surface area contributed by atoms with Crippen LogP contribution in [0.2, 0.25) is 0 Å². The van der Waals surface area contributed by atoms with Crippen LogP contribution < -0.4 is 11.2 Å². The van der Waals surface area contributed by atoms with E-state index in [1.807, 2.05) is 60.7 Å². The molecule has 0 unspecified atom stereocenters. The summed E-state index contributed by atoms with van der Waals surface area (Å²) in [6.07, 6.45) is -1.99. The standard InChI is InChI=1S/C25H27N5O8S/c1-39(33,34)38-21-22(36-15-19-10-6-3-7-11-19)25(16-27-29-26,17-35-14-18-8-4-2-5-9-18)37-23(21)30-13-12-20(31)28-24(30)32/h2-13,21-23H,14-17H2,1H3,(H,28,31,32)/t21-,22+,23-,25-/m1/s1. The molecule has 0 radical (unpaired) electrons. The Hall–Kier alpha value is -3.78. The molecule has 1 aliphatic heterocycles. The average molecular weight is 558 g/mol. The topological polar surface area (TPSA) is 175 Å². The predicted octanol–water partition coefficient (Wildman–Crippen LogP) is 2.26. The van der Waals surface area contributed by atoms with Crippen LogP contribution in [0, 0.1) is 0 Å². The number of hydrogen-bond acceptors (Lipinski definition) is 9. The minimum absolute atomic E-state index is 0.0163. The molecule has 14 heteroatoms. The molecule has 0 aliphatic carbocycles. The maximum Gasteiger partial charge on any atom is 0.330 e. The summed E-state index contributed by atoms with van der Waals surface area (Å²) >= 11 is 0. The molecule has 13 nitrogen and oxygen atoms in total. The Labute approximate surface area is 223 Å². The smallest absolute Gasteiger partial charge is 0.330 e. The monoisotopic (exact) mass is 557 g/mol. The van der Waals surface area contributed by atoms with Crippen LogP contribution in [-0.2, 0) is 41.7 Å². The van der Waals surface area contributed by atoms with Crippen LogP contribution in [0.15, 0.2) is 87.6 Å². The van der Waals surface area contributed by atoms with Crippen molar-refractivity contribution in [3.05, 3.63) is 115 Å². The van der Waals surface area contributed by atoms with E-state index in [1.165, 1.54) is 0 Å². The molecule has 1 aromatic heterocycles. The van der Waals surface area contributed by atoms with Crippen molar-refractivity contribution in [1.29, 1.82) is 0 Å². The third-order valence-corrected chi connectivity index (χ3v) is 6.57. The molecule has 0 spiro atoms. The Morgan fingerprint density at radius 1 is 1.05 bits per heavy atom. The Morgan fingerprint density at radius 3 is 2.28 bits per heavy atom. The molecule has 39 heavy (non-hydrogen) atoms. The van der Waals surface area contributed by atoms with E-state index in [0.717, 1.165) is 34.2 Å². The van der Waals surface area contributed by atoms with Gasteiger partial charge in [-0.2, -0.15) is 8.42 Å². The first-order valence-electron chi connectivity index (χ1n) is 11.9. The average Bonchev–Trinajstić information content (AvgIpc) is 3.18. The Balaban J connectivity index is 1.77. The normalized spacial score (nSPS) is 22.8. The molecule has 1 aliphatic rings. The number of aromatic nitrogens is 2. The number of nitrogens with one attached hydrogen (secondary N) is 1. The molecule has 1 N–H and O–H groups in total. The van der Waals surface area contributed by atoms with Crippen molar-refractivity contribution in [2.75, 3.05) is 19.4 Å². The minimum Gasteiger partial charge on any atom is -0.374 e. The first-order chi connectivity index (χ1) is 18.7. The Morgan fingerprint density at radius 2 is 1.69 bits per heavy atom. The molecule has 206 valence electrons. The van der Waals surface area contributed by atoms with Crippen LogP contribution in [0.1, 0.15) is 17.4 Å². The van der Waals surface area contributed by atoms with Gasteiger partial charge < -0.3 is 14.2 Å². The molecule has 2 heterocycles. The fraction of sp³-hybridized carbons (Fsp3) is 0.360. The first-order valence-corrected chi connectivity index (χ1v) is 13.7. The van der Waals surface area contributed by atoms with Crippen LogP contribution in [0.5, 0.6) is 0 Å². The summed E-state index contributed by atoms with van der Waals surface area (Å²) in [4.78, 5) is 29.4. The first kappa shape index (κ1) is 28.2. The van der Waals surface area contributed by atoms with Crippen LogP contribution in [0.3, 0.4) is 0 Å². The van der Waals surface area contributed by atoms with Crippen molar-refractivity contribution in [3.63, 3.8) is 0 Å². The van der Waals surface area contributed by atoms with E-state index < -0.39 is 45.4 Å². The van der Waals surface area contributed by atoms with Crippen LogP contribution in [0.4, 0.5) is 0 Å². The second kappa shape index (κ2) is 12.4. The zero-order chi connectivity index (χ0) is 27.9. The van der Waals surface area contributed by atoms with E-state index in [2.05, 4.69) is 15.0 Å². The summed E-state index contributed by atoms with van der Waals surface area (Å²) in [6.45, 7) is -0.370. The summed E-state index contributed by atoms with van der Waals surface area (Å²) in [7, 11) is -4.11. The summed E-state index contributed by atoms with van der Waals surface area (Å²) in [5.74, 6) is 0. The Bertz CT molecular complexity index is 1520. The number of nitrogens with zero attached hydrogens (tertiary/aromatic N) is 4. The van der Waals surface area contributed by atoms with E-state index in [1.54, 1.807) is 0 Å². The lowest BCUT2D eigenvalue weighted by atomic mass is 9.95. The lowest BCUT2D eigenvalue weighted by Gasteiger charge is -2.33. The molecular weight excluding hydrogens is 530 g/mol. The van der Waals surface area contributed by atoms with Gasteiger partial charge in [0.2, 0.25) is 0 Å². The number of azide groups is 1. The maximum atomic E-state index is 12.7. The molecule has 4 rings (SSSR count). The largest absolute Gasteiger partial charge is 0.374 e. The van der Waals surface area contributed by atoms with Gasteiger partial charge in [-0.25, -0.2) is 4.79 Å². The highest BCUT2D eigenvalue weighted by Gasteiger charge is 2.58. The Kier molecular flexibility index (Phi) is 8.97. The highest BCUT2D eigenvalue weighted by atomic mass is 32.2. The molecule has 0 amide bonds. The highest BCUT2D eigenvalue weighted by Crippen LogP contribution is 2.42. The van der Waals surface area contributed by atoms with Gasteiger partial charge in [0.15, 0.2) is 12.3 Å². The number of rotatable bonds is 12. The summed E-state index contributed by atoms with van der Waals surface area (Å²) in [6, 6.07) is 19.4. The fourth-order valence-electron chi connectivity index (χ4n) is 4.33. The van der Waals surface area contributed by atoms with Gasteiger partial charge in [0, 0.05) is 17.2 Å². The van der Waals surface area contributed by atoms with Gasteiger partial charge in [0.05, 0.1) is 32.6 Å². The van der Waals surface area contributed by atoms with E-state index in [0.29, 0.717) is 0 Å². The maximum absolute atomic E-state index is 12.7. The van der Waals surface area contributed by atoms with Crippen LogP contribution in [-0.4, -0.2) is 55.2 Å². The zero-order valence-corrected chi connectivity index (χ0v) is 21.8. The number of aromatic amines is 1. The minimum atomic E-state index is -4.11. The van der Waals surface area contributed by atoms with Gasteiger partial charge >= 0.3 is 5.69 Å². The molecule has 2 aromatic carbocycles. The molecule has 1 saturated heterocycles. The molecule has 0 saturated carbocycles. The van der Waals surface area contributed by atoms with Gasteiger partial charge in [-0.1, -0.05) is 65.8 Å². The van der Waals surface area contributed by atoms with Crippen LogP contribution in [0.25, 0.3) is 10.4 Å². The second-order valence-electron chi connectivity index (χ2n) is 8.94. The van der Waals surface area contributed by atoms with Gasteiger partial charge in [0.1, 0.15) is 11.7 Å². The third kappa shape index (κ3) is 7.20. The van der Waals surface area contributed by atoms with Gasteiger partial charge in [-0.15, -0.1) is 0 Å². The van der Waals surface area contributed by atoms with Crippen molar-refractivity contribution in [1.82, 2.24) is 9.55 Å². The number of ether oxygens (including phenoxy) is 3. The fourth-order valence-corrected chi connectivity index (χ4v) is 4.93. The molecule has 3 aromatic rings. The molecule has 4 atom stereocenters. The van der Waals surface area contributed by atoms with Crippen LogP contribution >= 0.6 is 0 Å². The van der Waals surface area contributed by atoms with Gasteiger partial charge in [-0.3, -0.25) is 18.5 Å². The lowest BCUT2D eigenvalue weighted by Crippen LogP contribution is -2.51. The number of H-pyrrole nitrogens is 1. The predicted molar refractivity (Wildman–Crippen MR) is 139 cm³/mol. The molecule has 0 bridgehead atoms. The third-order valence-electron chi connectivity index (χ3n) is 6.00. The summed E-state index contributed by atoms with van der Waals surface area (Å²) < 4.78 is 49.6. The molecule has 1 fully saturated rings. The SMILES string of the molecule is CS(=O)(=O)O[C@H]1[C@H](n2ccc(=O)[nH]c2=O)O[C@](CN=[N+]=[N-])(COCc2ccccc2)[C@H]1OCc1ccccc1. The van der Waals surface area contributed by atoms with E-state index in [9.17, 15) is 18.0 Å². The highest BCUT2D eigenvalue weighted by molar-refractivity contribution is 7.86. The zero-order valence-electron chi connectivity index (χ0n) is 21.0. The summed E-state index contributed by atoms with van der Waals surface area (Å²) in [5.41, 5.74) is 7.68. The van der Waals surface area contributed by atoms with Gasteiger partial charge in [-0.05, 0) is 16.7 Å². The van der Waals surface area contributed by atoms with E-state index in [-0.39, 0.29) is 26.4 Å². The van der Waals surface area contributed by atoms with Gasteiger partial charge in [0.25, 0.3) is 15.7 Å². The number of hydrogen-bond donors (Lipinski definition) is 1. The number of benzene rings is 2. The second-order valence-corrected chi connectivity index (χ2v) is 10.5. The van der Waals surface area contributed by atoms with Crippen molar-refractivity contribution < 1.29 is 26.8 Å². The van der Waals surface area contributed by atoms with Crippen molar-refractivity contribution in [3.8, 4) is 0 Å². The van der Waals surface area contributed by atoms with E-state index >= 15 is 0 Å². The van der Waals surface area contributed by atoms with Crippen molar-refractivity contribution in [2.24, 2.45) is 5.11 Å². The quantitative estimate of drug-likeness (QED) is 0.153. The van der Waals surface area contributed by atoms with Crippen molar-refractivity contribution in [2.45, 2.75) is 37.3 Å². The van der Waals surface area contributed by atoms with Crippen molar-refractivity contribution >= 4 is 10.1 Å². The summed E-state index contributed by atoms with van der Waals surface area (Å²) in [5, 5.41) is 3.70.